The number of ether oxygens (including phenoxy) is 1. The van der Waals surface area contributed by atoms with Gasteiger partial charge in [0.2, 0.25) is 0 Å². The Kier molecular flexibility index (Phi) is 4.60. The Bertz CT molecular complexity index is 520. The highest BCUT2D eigenvalue weighted by Gasteiger charge is 2.30. The van der Waals surface area contributed by atoms with Gasteiger partial charge in [0, 0.05) is 17.3 Å². The molecule has 3 N–H and O–H groups in total. The third-order valence-electron chi connectivity index (χ3n) is 2.80. The van der Waals surface area contributed by atoms with Gasteiger partial charge in [-0.1, -0.05) is 0 Å². The lowest BCUT2D eigenvalue weighted by molar-refractivity contribution is -0.138. The van der Waals surface area contributed by atoms with E-state index in [0.717, 1.165) is 0 Å². The van der Waals surface area contributed by atoms with E-state index in [2.05, 4.69) is 0 Å². The fraction of sp³-hybridized carbons (Fsp3) is 0.429. The summed E-state index contributed by atoms with van der Waals surface area (Å²) in [5.41, 5.74) is 5.78. The monoisotopic (exact) mass is 280 g/mol. The van der Waals surface area contributed by atoms with Crippen LogP contribution in [0.5, 0.6) is 5.75 Å². The Balaban J connectivity index is 3.22. The van der Waals surface area contributed by atoms with Gasteiger partial charge in [0.05, 0.1) is 12.7 Å². The second-order valence-electron chi connectivity index (χ2n) is 5.42. The Hall–Kier alpha value is -2.24. The average Bonchev–Trinajstić information content (AvgIpc) is 2.33. The van der Waals surface area contributed by atoms with Crippen molar-refractivity contribution in [2.24, 2.45) is 0 Å². The number of aliphatic carboxylic acids is 1. The molecule has 0 saturated heterocycles. The minimum atomic E-state index is -1.07. The first-order valence-corrected chi connectivity index (χ1v) is 6.14. The average molecular weight is 280 g/mol. The van der Waals surface area contributed by atoms with Crippen LogP contribution in [0.2, 0.25) is 0 Å². The van der Waals surface area contributed by atoms with Crippen molar-refractivity contribution in [3.8, 4) is 5.75 Å². The van der Waals surface area contributed by atoms with E-state index in [1.807, 2.05) is 0 Å². The van der Waals surface area contributed by atoms with Gasteiger partial charge in [-0.25, -0.2) is 0 Å². The first-order valence-electron chi connectivity index (χ1n) is 6.14. The minimum Gasteiger partial charge on any atom is -0.496 e. The molecule has 0 atom stereocenters. The molecule has 0 aliphatic heterocycles. The summed E-state index contributed by atoms with van der Waals surface area (Å²) in [6.07, 6.45) is 0. The number of anilines is 1. The smallest absolute Gasteiger partial charge is 0.323 e. The first kappa shape index (κ1) is 15.8. The zero-order valence-electron chi connectivity index (χ0n) is 12.1. The molecule has 0 aliphatic rings. The number of methoxy groups -OCH3 is 1. The van der Waals surface area contributed by atoms with Crippen molar-refractivity contribution in [1.82, 2.24) is 4.90 Å². The van der Waals surface area contributed by atoms with Crippen LogP contribution < -0.4 is 10.5 Å². The number of hydrogen-bond acceptors (Lipinski definition) is 4. The van der Waals surface area contributed by atoms with Crippen LogP contribution >= 0.6 is 0 Å². The Morgan fingerprint density at radius 3 is 2.40 bits per heavy atom. The van der Waals surface area contributed by atoms with Crippen molar-refractivity contribution < 1.29 is 19.4 Å². The molecule has 0 aromatic heterocycles. The number of nitrogens with zero attached hydrogens (tertiary/aromatic N) is 1. The molecule has 110 valence electrons. The standard InChI is InChI=1S/C14H20N2O4/c1-14(2,3)16(8-12(17)18)13(19)10-6-5-9(15)7-11(10)20-4/h5-7H,8,15H2,1-4H3,(H,17,18). The van der Waals surface area contributed by atoms with Crippen LogP contribution in [0.25, 0.3) is 0 Å². The van der Waals surface area contributed by atoms with Gasteiger partial charge in [0.25, 0.3) is 5.91 Å². The molecule has 1 rings (SSSR count). The van der Waals surface area contributed by atoms with Gasteiger partial charge in [-0.2, -0.15) is 0 Å². The summed E-state index contributed by atoms with van der Waals surface area (Å²) in [7, 11) is 1.43. The Labute approximate surface area is 118 Å². The lowest BCUT2D eigenvalue weighted by atomic mass is 10.0. The van der Waals surface area contributed by atoms with Crippen molar-refractivity contribution in [1.29, 1.82) is 0 Å². The maximum atomic E-state index is 12.6. The number of carboxylic acid groups (broad SMARTS) is 1. The normalized spacial score (nSPS) is 11.0. The number of hydrogen-bond donors (Lipinski definition) is 2. The first-order chi connectivity index (χ1) is 9.16. The largest absolute Gasteiger partial charge is 0.496 e. The second-order valence-corrected chi connectivity index (χ2v) is 5.42. The molecule has 6 heteroatoms. The van der Waals surface area contributed by atoms with Crippen LogP contribution in [0.3, 0.4) is 0 Å². The van der Waals surface area contributed by atoms with Crippen LogP contribution in [-0.4, -0.2) is 41.1 Å². The van der Waals surface area contributed by atoms with Crippen LogP contribution in [0.4, 0.5) is 5.69 Å². The number of amides is 1. The summed E-state index contributed by atoms with van der Waals surface area (Å²) >= 11 is 0. The Morgan fingerprint density at radius 2 is 1.95 bits per heavy atom. The summed E-state index contributed by atoms with van der Waals surface area (Å²) in [5, 5.41) is 8.97. The van der Waals surface area contributed by atoms with Crippen LogP contribution in [0, 0.1) is 0 Å². The maximum absolute atomic E-state index is 12.6. The minimum absolute atomic E-state index is 0.290. The zero-order valence-corrected chi connectivity index (χ0v) is 12.1. The van der Waals surface area contributed by atoms with Gasteiger partial charge in [-0.15, -0.1) is 0 Å². The lowest BCUT2D eigenvalue weighted by Gasteiger charge is -2.34. The number of carboxylic acids is 1. The van der Waals surface area contributed by atoms with Crippen LogP contribution in [0.15, 0.2) is 18.2 Å². The maximum Gasteiger partial charge on any atom is 0.323 e. The summed E-state index contributed by atoms with van der Waals surface area (Å²) in [4.78, 5) is 24.8. The van der Waals surface area contributed by atoms with Gasteiger partial charge in [0.1, 0.15) is 12.3 Å². The predicted molar refractivity (Wildman–Crippen MR) is 75.8 cm³/mol. The van der Waals surface area contributed by atoms with Crippen molar-refractivity contribution in [3.63, 3.8) is 0 Å². The summed E-state index contributed by atoms with van der Waals surface area (Å²) < 4.78 is 5.14. The van der Waals surface area contributed by atoms with E-state index in [9.17, 15) is 9.59 Å². The highest BCUT2D eigenvalue weighted by molar-refractivity contribution is 5.99. The highest BCUT2D eigenvalue weighted by atomic mass is 16.5. The molecule has 0 unspecified atom stereocenters. The van der Waals surface area contributed by atoms with Crippen LogP contribution in [-0.2, 0) is 4.79 Å². The van der Waals surface area contributed by atoms with Crippen LogP contribution in [0.1, 0.15) is 31.1 Å². The summed E-state index contributed by atoms with van der Waals surface area (Å²) in [6.45, 7) is 4.95. The second kappa shape index (κ2) is 5.81. The van der Waals surface area contributed by atoms with E-state index in [-0.39, 0.29) is 12.1 Å². The lowest BCUT2D eigenvalue weighted by Crippen LogP contribution is -2.48. The van der Waals surface area contributed by atoms with Crippen molar-refractivity contribution in [2.45, 2.75) is 26.3 Å². The topological polar surface area (TPSA) is 92.9 Å². The van der Waals surface area contributed by atoms with Crippen molar-refractivity contribution in [2.75, 3.05) is 19.4 Å². The third kappa shape index (κ3) is 3.63. The van der Waals surface area contributed by atoms with E-state index < -0.39 is 17.4 Å². The molecule has 0 spiro atoms. The van der Waals surface area contributed by atoms with E-state index in [0.29, 0.717) is 11.4 Å². The fourth-order valence-electron chi connectivity index (χ4n) is 1.78. The van der Waals surface area contributed by atoms with Gasteiger partial charge in [-0.3, -0.25) is 9.59 Å². The fourth-order valence-corrected chi connectivity index (χ4v) is 1.78. The zero-order chi connectivity index (χ0) is 15.5. The summed E-state index contributed by atoms with van der Waals surface area (Å²) in [5.74, 6) is -1.14. The predicted octanol–water partition coefficient (Wildman–Crippen LogP) is 1.60. The number of nitrogen functional groups attached to an aromatic ring is 1. The number of carbonyl (C=O) groups is 2. The molecule has 0 bridgehead atoms. The molecule has 1 aromatic rings. The van der Waals surface area contributed by atoms with Crippen molar-refractivity contribution in [3.05, 3.63) is 23.8 Å². The molecule has 1 amide bonds. The molecule has 0 heterocycles. The van der Waals surface area contributed by atoms with E-state index in [1.165, 1.54) is 24.1 Å². The molecule has 20 heavy (non-hydrogen) atoms. The Morgan fingerprint density at radius 1 is 1.35 bits per heavy atom. The van der Waals surface area contributed by atoms with Crippen molar-refractivity contribution >= 4 is 17.6 Å². The SMILES string of the molecule is COc1cc(N)ccc1C(=O)N(CC(=O)O)C(C)(C)C. The molecular formula is C14H20N2O4. The van der Waals surface area contributed by atoms with E-state index in [1.54, 1.807) is 26.8 Å². The van der Waals surface area contributed by atoms with E-state index >= 15 is 0 Å². The quantitative estimate of drug-likeness (QED) is 0.817. The number of rotatable bonds is 4. The van der Waals surface area contributed by atoms with Gasteiger partial charge in [0.15, 0.2) is 0 Å². The number of nitrogens with two attached hydrogens (primary N) is 1. The molecule has 0 aliphatic carbocycles. The molecule has 1 aromatic carbocycles. The van der Waals surface area contributed by atoms with Gasteiger partial charge < -0.3 is 20.5 Å². The number of carbonyl (C=O) groups excluding carboxylic acids is 1. The molecule has 0 saturated carbocycles. The highest BCUT2D eigenvalue weighted by Crippen LogP contribution is 2.25. The van der Waals surface area contributed by atoms with E-state index in [4.69, 9.17) is 15.6 Å². The molecule has 6 nitrogen and oxygen atoms in total. The molecule has 0 radical (unpaired) electrons. The van der Waals surface area contributed by atoms with Gasteiger partial charge >= 0.3 is 5.97 Å². The molecular weight excluding hydrogens is 260 g/mol. The third-order valence-corrected chi connectivity index (χ3v) is 2.80. The van der Waals surface area contributed by atoms with Gasteiger partial charge in [-0.05, 0) is 32.9 Å². The molecule has 0 fully saturated rings. The summed E-state index contributed by atoms with van der Waals surface area (Å²) in [6, 6.07) is 4.66. The number of benzene rings is 1.